The van der Waals surface area contributed by atoms with Crippen LogP contribution in [0.4, 0.5) is 8.78 Å². The monoisotopic (exact) mass is 401 g/mol. The number of rotatable bonds is 8. The first-order valence-corrected chi connectivity index (χ1v) is 12.0. The highest BCUT2D eigenvalue weighted by molar-refractivity contribution is 5.36. The van der Waals surface area contributed by atoms with Gasteiger partial charge in [0, 0.05) is 0 Å². The van der Waals surface area contributed by atoms with Gasteiger partial charge in [0.05, 0.1) is 0 Å². The molecule has 1 aromatic rings. The van der Waals surface area contributed by atoms with E-state index in [0.29, 0.717) is 0 Å². The number of unbranched alkanes of at least 4 members (excludes halogenated alkanes) is 4. The second-order valence-corrected chi connectivity index (χ2v) is 9.57. The second kappa shape index (κ2) is 11.1. The molecule has 3 rings (SSSR count). The molecule has 2 fully saturated rings. The highest BCUT2D eigenvalue weighted by Crippen LogP contribution is 2.44. The van der Waals surface area contributed by atoms with E-state index in [2.05, 4.69) is 6.92 Å². The van der Waals surface area contributed by atoms with Crippen LogP contribution in [0.25, 0.3) is 0 Å². The Labute approximate surface area is 175 Å². The van der Waals surface area contributed by atoms with Crippen molar-refractivity contribution in [2.24, 2.45) is 17.8 Å². The second-order valence-electron chi connectivity index (χ2n) is 9.57. The van der Waals surface area contributed by atoms with Crippen molar-refractivity contribution in [2.75, 3.05) is 0 Å². The first-order chi connectivity index (χ1) is 14.1. The largest absolute Gasteiger partial charge is 0.205 e. The van der Waals surface area contributed by atoms with E-state index in [1.54, 1.807) is 6.07 Å². The molecule has 160 valence electrons. The zero-order chi connectivity index (χ0) is 20.6. The highest BCUT2D eigenvalue weighted by Gasteiger charge is 2.31. The standard InChI is InChI=1S/C26H37F2N/c1-2-3-4-5-6-7-19-8-10-20(11-9-19)21-12-14-22(15-13-21)23-16-25(27)24(18-29)26(28)17-23/h16-17,19-22H,2-15H2,1H3/t19-,20-,21?,22?. The molecule has 2 aliphatic carbocycles. The minimum Gasteiger partial charge on any atom is -0.205 e. The number of hydrogen-bond acceptors (Lipinski definition) is 1. The normalized spacial score (nSPS) is 27.5. The first kappa shape index (κ1) is 22.3. The molecular weight excluding hydrogens is 364 g/mol. The molecule has 0 radical (unpaired) electrons. The molecule has 0 aromatic heterocycles. The summed E-state index contributed by atoms with van der Waals surface area (Å²) in [6, 6.07) is 4.39. The maximum atomic E-state index is 14.0. The van der Waals surface area contributed by atoms with Crippen molar-refractivity contribution in [3.05, 3.63) is 34.9 Å². The van der Waals surface area contributed by atoms with E-state index in [1.165, 1.54) is 89.2 Å². The van der Waals surface area contributed by atoms with Gasteiger partial charge in [0.1, 0.15) is 23.3 Å². The van der Waals surface area contributed by atoms with Crippen LogP contribution in [0.5, 0.6) is 0 Å². The molecule has 0 unspecified atom stereocenters. The lowest BCUT2D eigenvalue weighted by atomic mass is 9.68. The summed E-state index contributed by atoms with van der Waals surface area (Å²) < 4.78 is 27.9. The summed E-state index contributed by atoms with van der Waals surface area (Å²) in [5.41, 5.74) is 0.286. The highest BCUT2D eigenvalue weighted by atomic mass is 19.1. The Morgan fingerprint density at radius 3 is 1.93 bits per heavy atom. The molecule has 0 N–H and O–H groups in total. The summed E-state index contributed by atoms with van der Waals surface area (Å²) in [6.07, 6.45) is 18.4. The van der Waals surface area contributed by atoms with Gasteiger partial charge in [-0.2, -0.15) is 5.26 Å². The van der Waals surface area contributed by atoms with Crippen molar-refractivity contribution in [1.29, 1.82) is 5.26 Å². The van der Waals surface area contributed by atoms with Crippen molar-refractivity contribution < 1.29 is 8.78 Å². The van der Waals surface area contributed by atoms with Crippen molar-refractivity contribution in [2.45, 2.75) is 103 Å². The molecule has 0 heterocycles. The van der Waals surface area contributed by atoms with E-state index in [0.717, 1.165) is 36.2 Å². The topological polar surface area (TPSA) is 23.8 Å². The van der Waals surface area contributed by atoms with E-state index in [1.807, 2.05) is 0 Å². The fraction of sp³-hybridized carbons (Fsp3) is 0.731. The fourth-order valence-electron chi connectivity index (χ4n) is 5.84. The molecule has 0 saturated heterocycles. The predicted octanol–water partition coefficient (Wildman–Crippen LogP) is 8.28. The molecular formula is C26H37F2N. The van der Waals surface area contributed by atoms with Gasteiger partial charge in [0.15, 0.2) is 0 Å². The van der Waals surface area contributed by atoms with Gasteiger partial charge in [-0.1, -0.05) is 58.3 Å². The van der Waals surface area contributed by atoms with Gasteiger partial charge >= 0.3 is 0 Å². The third-order valence-corrected chi connectivity index (χ3v) is 7.69. The molecule has 3 heteroatoms. The predicted molar refractivity (Wildman–Crippen MR) is 115 cm³/mol. The van der Waals surface area contributed by atoms with Gasteiger partial charge in [0.2, 0.25) is 0 Å². The van der Waals surface area contributed by atoms with Crippen LogP contribution in [0.2, 0.25) is 0 Å². The summed E-state index contributed by atoms with van der Waals surface area (Å²) in [5, 5.41) is 8.85. The van der Waals surface area contributed by atoms with E-state index in [9.17, 15) is 8.78 Å². The van der Waals surface area contributed by atoms with Crippen LogP contribution in [0, 0.1) is 40.7 Å². The maximum absolute atomic E-state index is 14.0. The quantitative estimate of drug-likeness (QED) is 0.402. The number of halogens is 2. The van der Waals surface area contributed by atoms with Crippen molar-refractivity contribution in [3.63, 3.8) is 0 Å². The molecule has 0 aliphatic heterocycles. The summed E-state index contributed by atoms with van der Waals surface area (Å²) in [7, 11) is 0. The SMILES string of the molecule is CCCCCCC[C@H]1CC[C@H](C2CCC(c3cc(F)c(C#N)c(F)c3)CC2)CC1. The lowest BCUT2D eigenvalue weighted by Gasteiger charge is -2.38. The van der Waals surface area contributed by atoms with Gasteiger partial charge in [-0.15, -0.1) is 0 Å². The lowest BCUT2D eigenvalue weighted by molar-refractivity contribution is 0.155. The number of nitriles is 1. The zero-order valence-corrected chi connectivity index (χ0v) is 18.1. The minimum absolute atomic E-state index is 0.238. The smallest absolute Gasteiger partial charge is 0.144 e. The van der Waals surface area contributed by atoms with Gasteiger partial charge < -0.3 is 0 Å². The third-order valence-electron chi connectivity index (χ3n) is 7.69. The average Bonchev–Trinajstić information content (AvgIpc) is 2.74. The van der Waals surface area contributed by atoms with E-state index in [4.69, 9.17) is 5.26 Å². The molecule has 1 nitrogen and oxygen atoms in total. The van der Waals surface area contributed by atoms with Crippen molar-refractivity contribution in [1.82, 2.24) is 0 Å². The Hall–Kier alpha value is -1.43. The van der Waals surface area contributed by atoms with E-state index < -0.39 is 17.2 Å². The maximum Gasteiger partial charge on any atom is 0.144 e. The van der Waals surface area contributed by atoms with Crippen LogP contribution >= 0.6 is 0 Å². The van der Waals surface area contributed by atoms with Gasteiger partial charge in [-0.05, 0) is 79.9 Å². The molecule has 2 aliphatic rings. The Kier molecular flexibility index (Phi) is 8.52. The van der Waals surface area contributed by atoms with E-state index in [-0.39, 0.29) is 5.92 Å². The Balaban J connectivity index is 1.41. The zero-order valence-electron chi connectivity index (χ0n) is 18.1. The number of hydrogen-bond donors (Lipinski definition) is 0. The fourth-order valence-corrected chi connectivity index (χ4v) is 5.84. The van der Waals surface area contributed by atoms with Crippen molar-refractivity contribution in [3.8, 4) is 6.07 Å². The van der Waals surface area contributed by atoms with Crippen LogP contribution in [0.15, 0.2) is 12.1 Å². The summed E-state index contributed by atoms with van der Waals surface area (Å²) in [5.74, 6) is 1.43. The summed E-state index contributed by atoms with van der Waals surface area (Å²) >= 11 is 0. The van der Waals surface area contributed by atoms with Crippen LogP contribution in [-0.4, -0.2) is 0 Å². The van der Waals surface area contributed by atoms with Crippen LogP contribution in [-0.2, 0) is 0 Å². The number of benzene rings is 1. The Morgan fingerprint density at radius 2 is 1.38 bits per heavy atom. The summed E-state index contributed by atoms with van der Waals surface area (Å²) in [6.45, 7) is 2.27. The minimum atomic E-state index is -0.711. The molecule has 1 aromatic carbocycles. The molecule has 0 amide bonds. The van der Waals surface area contributed by atoms with Gasteiger partial charge in [-0.25, -0.2) is 8.78 Å². The van der Waals surface area contributed by atoms with Gasteiger partial charge in [0.25, 0.3) is 0 Å². The molecule has 2 saturated carbocycles. The Morgan fingerprint density at radius 1 is 0.828 bits per heavy atom. The molecule has 0 bridgehead atoms. The summed E-state index contributed by atoms with van der Waals surface area (Å²) in [4.78, 5) is 0. The van der Waals surface area contributed by atoms with Crippen molar-refractivity contribution >= 4 is 0 Å². The third kappa shape index (κ3) is 6.03. The lowest BCUT2D eigenvalue weighted by Crippen LogP contribution is -2.25. The van der Waals surface area contributed by atoms with E-state index >= 15 is 0 Å². The van der Waals surface area contributed by atoms with Gasteiger partial charge in [-0.3, -0.25) is 0 Å². The average molecular weight is 402 g/mol. The molecule has 29 heavy (non-hydrogen) atoms. The van der Waals surface area contributed by atoms with Crippen LogP contribution < -0.4 is 0 Å². The molecule has 0 spiro atoms. The van der Waals surface area contributed by atoms with Crippen LogP contribution in [0.1, 0.15) is 114 Å². The van der Waals surface area contributed by atoms with Crippen LogP contribution in [0.3, 0.4) is 0 Å². The number of nitrogens with zero attached hydrogens (tertiary/aromatic N) is 1. The first-order valence-electron chi connectivity index (χ1n) is 12.0. The molecule has 0 atom stereocenters. The Bertz CT molecular complexity index is 653.